The van der Waals surface area contributed by atoms with E-state index in [1.165, 1.54) is 11.3 Å². The molecule has 0 spiro atoms. The Morgan fingerprint density at radius 1 is 1.03 bits per heavy atom. The topological polar surface area (TPSA) is 74.6 Å². The Hall–Kier alpha value is -3.56. The van der Waals surface area contributed by atoms with Crippen molar-refractivity contribution >= 4 is 39.7 Å². The highest BCUT2D eigenvalue weighted by molar-refractivity contribution is 7.11. The number of nitrogens with zero attached hydrogens (tertiary/aromatic N) is 6. The molecule has 2 saturated heterocycles. The third-order valence-corrected chi connectivity index (χ3v) is 7.73. The molecule has 0 aliphatic carbocycles. The monoisotopic (exact) mass is 486 g/mol. The van der Waals surface area contributed by atoms with Gasteiger partial charge in [0.05, 0.1) is 5.52 Å². The van der Waals surface area contributed by atoms with Gasteiger partial charge in [0, 0.05) is 80.2 Å². The van der Waals surface area contributed by atoms with Gasteiger partial charge in [-0.05, 0) is 48.9 Å². The SMILES string of the molecule is Cc1ccnc(-n2ccc3cc(N4CC(N5CCN(C(=O)c6nccs6)CC5)CC4=O)ccc32)c1. The van der Waals surface area contributed by atoms with Crippen LogP contribution in [0, 0.1) is 6.92 Å². The molecule has 2 aliphatic rings. The molecule has 2 aliphatic heterocycles. The molecule has 1 atom stereocenters. The number of thiazole rings is 1. The van der Waals surface area contributed by atoms with Crippen LogP contribution in [-0.2, 0) is 4.79 Å². The van der Waals surface area contributed by atoms with Crippen molar-refractivity contribution in [2.24, 2.45) is 0 Å². The number of anilines is 1. The first-order valence-electron chi connectivity index (χ1n) is 11.8. The number of carbonyl (C=O) groups is 2. The zero-order valence-electron chi connectivity index (χ0n) is 19.5. The Kier molecular flexibility index (Phi) is 5.58. The van der Waals surface area contributed by atoms with Gasteiger partial charge in [-0.3, -0.25) is 14.5 Å². The van der Waals surface area contributed by atoms with Gasteiger partial charge in [0.25, 0.3) is 5.91 Å². The maximum atomic E-state index is 13.0. The number of benzene rings is 1. The molecule has 0 bridgehead atoms. The second-order valence-corrected chi connectivity index (χ2v) is 10.0. The Morgan fingerprint density at radius 2 is 1.89 bits per heavy atom. The molecule has 1 aromatic carbocycles. The van der Waals surface area contributed by atoms with Gasteiger partial charge >= 0.3 is 0 Å². The van der Waals surface area contributed by atoms with Crippen LogP contribution in [0.25, 0.3) is 16.7 Å². The first kappa shape index (κ1) is 21.9. The fourth-order valence-electron chi connectivity index (χ4n) is 5.09. The third-order valence-electron chi connectivity index (χ3n) is 6.97. The van der Waals surface area contributed by atoms with Crippen LogP contribution in [0.15, 0.2) is 60.4 Å². The molecular weight excluding hydrogens is 460 g/mol. The van der Waals surface area contributed by atoms with Crippen LogP contribution in [0.4, 0.5) is 5.69 Å². The van der Waals surface area contributed by atoms with Crippen LogP contribution in [0.3, 0.4) is 0 Å². The summed E-state index contributed by atoms with van der Waals surface area (Å²) in [6.07, 6.45) is 6.02. The molecule has 0 N–H and O–H groups in total. The van der Waals surface area contributed by atoms with Crippen molar-refractivity contribution in [3.63, 3.8) is 0 Å². The largest absolute Gasteiger partial charge is 0.334 e. The predicted molar refractivity (Wildman–Crippen MR) is 136 cm³/mol. The highest BCUT2D eigenvalue weighted by Gasteiger charge is 2.36. The van der Waals surface area contributed by atoms with E-state index in [4.69, 9.17) is 0 Å². The molecule has 1 unspecified atom stereocenters. The van der Waals surface area contributed by atoms with Crippen LogP contribution < -0.4 is 4.90 Å². The molecule has 6 rings (SSSR count). The van der Waals surface area contributed by atoms with Crippen LogP contribution >= 0.6 is 11.3 Å². The highest BCUT2D eigenvalue weighted by Crippen LogP contribution is 2.29. The molecule has 5 heterocycles. The van der Waals surface area contributed by atoms with Crippen molar-refractivity contribution < 1.29 is 9.59 Å². The Labute approximate surface area is 207 Å². The van der Waals surface area contributed by atoms with E-state index in [2.05, 4.69) is 50.6 Å². The molecule has 3 aromatic heterocycles. The molecule has 35 heavy (non-hydrogen) atoms. The number of aryl methyl sites for hydroxylation is 1. The number of rotatable bonds is 4. The van der Waals surface area contributed by atoms with Crippen molar-refractivity contribution in [3.05, 3.63) is 70.9 Å². The van der Waals surface area contributed by atoms with Crippen LogP contribution in [0.1, 0.15) is 21.8 Å². The van der Waals surface area contributed by atoms with Gasteiger partial charge in [-0.1, -0.05) is 0 Å². The molecular formula is C26H26N6O2S. The molecule has 0 radical (unpaired) electrons. The maximum absolute atomic E-state index is 13.0. The van der Waals surface area contributed by atoms with Gasteiger partial charge in [0.15, 0.2) is 5.01 Å². The first-order chi connectivity index (χ1) is 17.1. The fraction of sp³-hybridized carbons (Fsp3) is 0.308. The summed E-state index contributed by atoms with van der Waals surface area (Å²) in [6, 6.07) is 12.5. The Morgan fingerprint density at radius 3 is 2.66 bits per heavy atom. The van der Waals surface area contributed by atoms with Gasteiger partial charge < -0.3 is 14.4 Å². The van der Waals surface area contributed by atoms with Crippen molar-refractivity contribution in [2.75, 3.05) is 37.6 Å². The number of hydrogen-bond acceptors (Lipinski definition) is 6. The predicted octanol–water partition coefficient (Wildman–Crippen LogP) is 3.35. The van der Waals surface area contributed by atoms with Crippen molar-refractivity contribution in [3.8, 4) is 5.82 Å². The van der Waals surface area contributed by atoms with Gasteiger partial charge in [0.1, 0.15) is 5.82 Å². The van der Waals surface area contributed by atoms with Crippen molar-refractivity contribution in [1.82, 2.24) is 24.3 Å². The molecule has 4 aromatic rings. The highest BCUT2D eigenvalue weighted by atomic mass is 32.1. The van der Waals surface area contributed by atoms with Gasteiger partial charge in [-0.15, -0.1) is 11.3 Å². The third kappa shape index (κ3) is 4.11. The lowest BCUT2D eigenvalue weighted by Gasteiger charge is -2.37. The summed E-state index contributed by atoms with van der Waals surface area (Å²) < 4.78 is 2.08. The zero-order valence-corrected chi connectivity index (χ0v) is 20.3. The summed E-state index contributed by atoms with van der Waals surface area (Å²) in [5.41, 5.74) is 3.16. The summed E-state index contributed by atoms with van der Waals surface area (Å²) in [4.78, 5) is 40.3. The van der Waals surface area contributed by atoms with E-state index in [9.17, 15) is 9.59 Å². The second-order valence-electron chi connectivity index (χ2n) is 9.15. The normalized spacial score (nSPS) is 19.1. The molecule has 2 fully saturated rings. The number of aromatic nitrogens is 3. The molecule has 178 valence electrons. The smallest absolute Gasteiger partial charge is 0.282 e. The first-order valence-corrected chi connectivity index (χ1v) is 12.7. The van der Waals surface area contributed by atoms with Crippen LogP contribution in [-0.4, -0.2) is 74.9 Å². The average Bonchev–Trinajstić information content (AvgIpc) is 3.63. The van der Waals surface area contributed by atoms with E-state index < -0.39 is 0 Å². The average molecular weight is 487 g/mol. The summed E-state index contributed by atoms with van der Waals surface area (Å²) in [7, 11) is 0. The van der Waals surface area contributed by atoms with Crippen LogP contribution in [0.5, 0.6) is 0 Å². The summed E-state index contributed by atoms with van der Waals surface area (Å²) >= 11 is 1.38. The van der Waals surface area contributed by atoms with Crippen molar-refractivity contribution in [2.45, 2.75) is 19.4 Å². The summed E-state index contributed by atoms with van der Waals surface area (Å²) in [6.45, 7) is 5.60. The van der Waals surface area contributed by atoms with E-state index in [0.717, 1.165) is 41.1 Å². The number of piperazine rings is 1. The van der Waals surface area contributed by atoms with E-state index in [0.29, 0.717) is 31.1 Å². The Bertz CT molecular complexity index is 1390. The molecule has 9 heteroatoms. The minimum Gasteiger partial charge on any atom is -0.334 e. The lowest BCUT2D eigenvalue weighted by molar-refractivity contribution is -0.117. The number of carbonyl (C=O) groups excluding carboxylic acids is 2. The summed E-state index contributed by atoms with van der Waals surface area (Å²) in [5.74, 6) is 1.04. The van der Waals surface area contributed by atoms with E-state index >= 15 is 0 Å². The molecule has 8 nitrogen and oxygen atoms in total. The van der Waals surface area contributed by atoms with Crippen molar-refractivity contribution in [1.29, 1.82) is 0 Å². The lowest BCUT2D eigenvalue weighted by atomic mass is 10.2. The van der Waals surface area contributed by atoms with Gasteiger partial charge in [-0.25, -0.2) is 9.97 Å². The number of hydrogen-bond donors (Lipinski definition) is 0. The minimum atomic E-state index is 0.00452. The fourth-order valence-corrected chi connectivity index (χ4v) is 5.69. The Balaban J connectivity index is 1.14. The lowest BCUT2D eigenvalue weighted by Crippen LogP contribution is -2.52. The second kappa shape index (κ2) is 8.90. The van der Waals surface area contributed by atoms with Crippen LogP contribution in [0.2, 0.25) is 0 Å². The standard InChI is InChI=1S/C26H26N6O2S/c1-18-4-6-27-23(14-18)31-8-5-19-15-20(2-3-22(19)31)32-17-21(16-24(32)33)29-9-11-30(12-10-29)26(34)25-28-7-13-35-25/h2-8,13-15,21H,9-12,16-17H2,1H3. The molecule has 0 saturated carbocycles. The van der Waals surface area contributed by atoms with E-state index in [1.54, 1.807) is 6.20 Å². The van der Waals surface area contributed by atoms with E-state index in [-0.39, 0.29) is 17.9 Å². The number of fused-ring (bicyclic) bond motifs is 1. The quantitative estimate of drug-likeness (QED) is 0.442. The minimum absolute atomic E-state index is 0.00452. The van der Waals surface area contributed by atoms with E-state index in [1.807, 2.05) is 39.7 Å². The number of amides is 2. The van der Waals surface area contributed by atoms with Gasteiger partial charge in [-0.2, -0.15) is 0 Å². The summed E-state index contributed by atoms with van der Waals surface area (Å²) in [5, 5.41) is 3.45. The molecule has 2 amide bonds. The maximum Gasteiger partial charge on any atom is 0.282 e. The zero-order chi connectivity index (χ0) is 23.9. The number of pyridine rings is 1. The van der Waals surface area contributed by atoms with Gasteiger partial charge in [0.2, 0.25) is 5.91 Å².